The van der Waals surface area contributed by atoms with Crippen molar-refractivity contribution in [2.45, 2.75) is 33.0 Å². The average Bonchev–Trinajstić information content (AvgIpc) is 3.38. The van der Waals surface area contributed by atoms with Gasteiger partial charge < -0.3 is 10.6 Å². The Kier molecular flexibility index (Phi) is 7.03. The van der Waals surface area contributed by atoms with Gasteiger partial charge >= 0.3 is 0 Å². The van der Waals surface area contributed by atoms with Crippen LogP contribution in [0.2, 0.25) is 0 Å². The molecule has 0 aliphatic rings. The van der Waals surface area contributed by atoms with Gasteiger partial charge in [0.15, 0.2) is 5.96 Å². The van der Waals surface area contributed by atoms with Crippen molar-refractivity contribution >= 4 is 5.96 Å². The summed E-state index contributed by atoms with van der Waals surface area (Å²) in [4.78, 5) is 4.75. The predicted molar refractivity (Wildman–Crippen MR) is 107 cm³/mol. The van der Waals surface area contributed by atoms with Crippen molar-refractivity contribution in [2.24, 2.45) is 4.99 Å². The zero-order chi connectivity index (χ0) is 18.7. The van der Waals surface area contributed by atoms with Crippen molar-refractivity contribution in [2.75, 3.05) is 13.1 Å². The van der Waals surface area contributed by atoms with E-state index >= 15 is 0 Å². The number of guanidine groups is 1. The van der Waals surface area contributed by atoms with Crippen molar-refractivity contribution in [3.63, 3.8) is 0 Å². The molecule has 2 aromatic heterocycles. The molecule has 3 rings (SSSR count). The van der Waals surface area contributed by atoms with E-state index in [1.165, 1.54) is 11.1 Å². The largest absolute Gasteiger partial charge is 0.357 e. The van der Waals surface area contributed by atoms with Crippen LogP contribution in [0.4, 0.5) is 0 Å². The van der Waals surface area contributed by atoms with Crippen LogP contribution in [0.1, 0.15) is 24.5 Å². The second-order valence-corrected chi connectivity index (χ2v) is 6.22. The molecule has 142 valence electrons. The zero-order valence-corrected chi connectivity index (χ0v) is 15.8. The first-order valence-electron chi connectivity index (χ1n) is 9.39. The standard InChI is InChI=1S/C20H27N7/c1-2-21-20(22-10-5-13-26-14-6-11-24-26)23-16-18-8-3-4-9-19(18)17-27-15-7-12-25-27/h3-4,6-9,11-12,14-15H,2,5,10,13,16-17H2,1H3,(H2,21,22,23). The molecule has 27 heavy (non-hydrogen) atoms. The van der Waals surface area contributed by atoms with Gasteiger partial charge in [-0.1, -0.05) is 24.3 Å². The first kappa shape index (κ1) is 18.7. The molecule has 3 aromatic rings. The molecule has 0 unspecified atom stereocenters. The molecule has 0 fully saturated rings. The number of aryl methyl sites for hydroxylation is 1. The van der Waals surface area contributed by atoms with Gasteiger partial charge in [-0.25, -0.2) is 4.99 Å². The van der Waals surface area contributed by atoms with Crippen LogP contribution < -0.4 is 10.6 Å². The maximum atomic E-state index is 4.75. The molecule has 1 aromatic carbocycles. The van der Waals surface area contributed by atoms with Gasteiger partial charge in [-0.05, 0) is 36.6 Å². The number of hydrogen-bond donors (Lipinski definition) is 2. The fraction of sp³-hybridized carbons (Fsp3) is 0.350. The van der Waals surface area contributed by atoms with E-state index in [1.807, 2.05) is 33.9 Å². The Morgan fingerprint density at radius 1 is 0.963 bits per heavy atom. The molecule has 2 N–H and O–H groups in total. The van der Waals surface area contributed by atoms with Crippen LogP contribution >= 0.6 is 0 Å². The van der Waals surface area contributed by atoms with Crippen molar-refractivity contribution < 1.29 is 0 Å². The molecule has 0 atom stereocenters. The molecule has 0 saturated carbocycles. The highest BCUT2D eigenvalue weighted by atomic mass is 15.3. The van der Waals surface area contributed by atoms with E-state index in [-0.39, 0.29) is 0 Å². The molecule has 0 bridgehead atoms. The lowest BCUT2D eigenvalue weighted by atomic mass is 10.1. The minimum Gasteiger partial charge on any atom is -0.357 e. The maximum Gasteiger partial charge on any atom is 0.191 e. The summed E-state index contributed by atoms with van der Waals surface area (Å²) in [6.45, 7) is 6.04. The summed E-state index contributed by atoms with van der Waals surface area (Å²) in [5, 5.41) is 15.2. The zero-order valence-electron chi connectivity index (χ0n) is 15.8. The Hall–Kier alpha value is -3.09. The molecule has 0 amide bonds. The number of rotatable bonds is 9. The lowest BCUT2D eigenvalue weighted by molar-refractivity contribution is 0.570. The molecule has 0 saturated heterocycles. The quantitative estimate of drug-likeness (QED) is 0.347. The summed E-state index contributed by atoms with van der Waals surface area (Å²) in [5.74, 6) is 0.840. The summed E-state index contributed by atoms with van der Waals surface area (Å²) >= 11 is 0. The normalized spacial score (nSPS) is 11.5. The second kappa shape index (κ2) is 10.2. The summed E-state index contributed by atoms with van der Waals surface area (Å²) < 4.78 is 3.87. The Balaban J connectivity index is 1.56. The van der Waals surface area contributed by atoms with Gasteiger partial charge in [0.1, 0.15) is 0 Å². The van der Waals surface area contributed by atoms with Crippen molar-refractivity contribution in [1.29, 1.82) is 0 Å². The van der Waals surface area contributed by atoms with E-state index in [1.54, 1.807) is 12.4 Å². The van der Waals surface area contributed by atoms with Crippen LogP contribution in [0.3, 0.4) is 0 Å². The van der Waals surface area contributed by atoms with Gasteiger partial charge in [0.2, 0.25) is 0 Å². The molecule has 0 spiro atoms. The Morgan fingerprint density at radius 2 is 1.70 bits per heavy atom. The third-order valence-electron chi connectivity index (χ3n) is 4.18. The lowest BCUT2D eigenvalue weighted by Crippen LogP contribution is -2.38. The van der Waals surface area contributed by atoms with Gasteiger partial charge in [-0.3, -0.25) is 9.36 Å². The fourth-order valence-corrected chi connectivity index (χ4v) is 2.82. The number of nitrogens with zero attached hydrogens (tertiary/aromatic N) is 5. The summed E-state index contributed by atoms with van der Waals surface area (Å²) in [6, 6.07) is 12.3. The minimum atomic E-state index is 0.631. The summed E-state index contributed by atoms with van der Waals surface area (Å²) in [5.41, 5.74) is 2.45. The number of benzene rings is 1. The fourth-order valence-electron chi connectivity index (χ4n) is 2.82. The minimum absolute atomic E-state index is 0.631. The SMILES string of the molecule is CCNC(=NCc1ccccc1Cn1cccn1)NCCCn1cccn1. The first-order valence-corrected chi connectivity index (χ1v) is 9.39. The van der Waals surface area contributed by atoms with Crippen LogP contribution in [-0.4, -0.2) is 38.6 Å². The number of hydrogen-bond acceptors (Lipinski definition) is 3. The topological polar surface area (TPSA) is 72.1 Å². The van der Waals surface area contributed by atoms with E-state index in [4.69, 9.17) is 4.99 Å². The van der Waals surface area contributed by atoms with Gasteiger partial charge in [-0.2, -0.15) is 10.2 Å². The average molecular weight is 365 g/mol. The van der Waals surface area contributed by atoms with Crippen LogP contribution in [0, 0.1) is 0 Å². The van der Waals surface area contributed by atoms with E-state index in [2.05, 4.69) is 52.0 Å². The molecular weight excluding hydrogens is 338 g/mol. The Labute approximate surface area is 160 Å². The second-order valence-electron chi connectivity index (χ2n) is 6.22. The van der Waals surface area contributed by atoms with Crippen LogP contribution in [-0.2, 0) is 19.6 Å². The van der Waals surface area contributed by atoms with Gasteiger partial charge in [-0.15, -0.1) is 0 Å². The van der Waals surface area contributed by atoms with E-state index < -0.39 is 0 Å². The highest BCUT2D eigenvalue weighted by molar-refractivity contribution is 5.79. The van der Waals surface area contributed by atoms with Gasteiger partial charge in [0.25, 0.3) is 0 Å². The Bertz CT molecular complexity index is 807. The van der Waals surface area contributed by atoms with E-state index in [0.717, 1.165) is 38.6 Å². The van der Waals surface area contributed by atoms with Crippen molar-refractivity contribution in [3.8, 4) is 0 Å². The van der Waals surface area contributed by atoms with Crippen LogP contribution in [0.15, 0.2) is 66.2 Å². The molecule has 0 aliphatic heterocycles. The van der Waals surface area contributed by atoms with Gasteiger partial charge in [0, 0.05) is 44.4 Å². The lowest BCUT2D eigenvalue weighted by Gasteiger charge is -2.12. The van der Waals surface area contributed by atoms with Crippen LogP contribution in [0.25, 0.3) is 0 Å². The molecule has 0 aliphatic carbocycles. The monoisotopic (exact) mass is 365 g/mol. The number of aliphatic imine (C=N–C) groups is 1. The molecule has 7 heteroatoms. The smallest absolute Gasteiger partial charge is 0.191 e. The number of aromatic nitrogens is 4. The first-order chi connectivity index (χ1) is 13.3. The molecule has 7 nitrogen and oxygen atoms in total. The van der Waals surface area contributed by atoms with Crippen molar-refractivity contribution in [3.05, 3.63) is 72.3 Å². The molecular formula is C20H27N7. The molecule has 0 radical (unpaired) electrons. The van der Waals surface area contributed by atoms with Crippen LogP contribution in [0.5, 0.6) is 0 Å². The van der Waals surface area contributed by atoms with E-state index in [0.29, 0.717) is 6.54 Å². The third-order valence-corrected chi connectivity index (χ3v) is 4.18. The highest BCUT2D eigenvalue weighted by Crippen LogP contribution is 2.11. The van der Waals surface area contributed by atoms with E-state index in [9.17, 15) is 0 Å². The summed E-state index contributed by atoms with van der Waals surface area (Å²) in [6.07, 6.45) is 8.56. The maximum absolute atomic E-state index is 4.75. The molecule has 2 heterocycles. The third kappa shape index (κ3) is 5.99. The van der Waals surface area contributed by atoms with Crippen molar-refractivity contribution in [1.82, 2.24) is 30.2 Å². The van der Waals surface area contributed by atoms with Gasteiger partial charge in [0.05, 0.1) is 13.1 Å². The predicted octanol–water partition coefficient (Wildman–Crippen LogP) is 2.27. The highest BCUT2D eigenvalue weighted by Gasteiger charge is 2.04. The Morgan fingerprint density at radius 3 is 2.41 bits per heavy atom. The summed E-state index contributed by atoms with van der Waals surface area (Å²) in [7, 11) is 0. The number of nitrogens with one attached hydrogen (secondary N) is 2.